The number of carbonyl (C=O) groups is 2. The van der Waals surface area contributed by atoms with E-state index in [4.69, 9.17) is 0 Å². The fourth-order valence-corrected chi connectivity index (χ4v) is 2.60. The van der Waals surface area contributed by atoms with E-state index in [1.807, 2.05) is 6.92 Å². The Balaban J connectivity index is 1.94. The zero-order valence-corrected chi connectivity index (χ0v) is 14.8. The number of hydroxylamine groups is 2. The molecule has 1 fully saturated rings. The van der Waals surface area contributed by atoms with Crippen molar-refractivity contribution in [3.8, 4) is 0 Å². The molecule has 2 heterocycles. The summed E-state index contributed by atoms with van der Waals surface area (Å²) in [4.78, 5) is 32.6. The Morgan fingerprint density at radius 2 is 2.27 bits per heavy atom. The molecule has 0 saturated carbocycles. The number of amides is 2. The third-order valence-electron chi connectivity index (χ3n) is 4.23. The van der Waals surface area contributed by atoms with Crippen LogP contribution in [0.1, 0.15) is 39.0 Å². The molecule has 1 aromatic rings. The van der Waals surface area contributed by atoms with Gasteiger partial charge >= 0.3 is 0 Å². The van der Waals surface area contributed by atoms with Crippen LogP contribution < -0.4 is 15.8 Å². The Labute approximate surface area is 151 Å². The SMILES string of the molecule is CCCCC[C@H](CN(O)C=O)C(=O)NNc1ncc(F)c(N2CCC2)n1. The summed E-state index contributed by atoms with van der Waals surface area (Å²) in [6.07, 6.45) is 5.56. The minimum atomic E-state index is -0.584. The second-order valence-corrected chi connectivity index (χ2v) is 6.24. The van der Waals surface area contributed by atoms with Crippen molar-refractivity contribution in [2.75, 3.05) is 30.0 Å². The number of carbonyl (C=O) groups excluding carboxylic acids is 2. The first-order chi connectivity index (χ1) is 12.5. The van der Waals surface area contributed by atoms with Crippen LogP contribution in [0.25, 0.3) is 0 Å². The van der Waals surface area contributed by atoms with E-state index in [1.165, 1.54) is 0 Å². The summed E-state index contributed by atoms with van der Waals surface area (Å²) in [5.74, 6) is -1.23. The van der Waals surface area contributed by atoms with Gasteiger partial charge in [0.05, 0.1) is 18.7 Å². The summed E-state index contributed by atoms with van der Waals surface area (Å²) in [7, 11) is 0. The van der Waals surface area contributed by atoms with E-state index in [-0.39, 0.29) is 24.7 Å². The molecule has 1 aliphatic rings. The molecule has 3 N–H and O–H groups in total. The second kappa shape index (κ2) is 9.85. The van der Waals surface area contributed by atoms with Crippen LogP contribution in [-0.2, 0) is 9.59 Å². The lowest BCUT2D eigenvalue weighted by atomic mass is 10.0. The Hall–Kier alpha value is -2.49. The summed E-state index contributed by atoms with van der Waals surface area (Å²) >= 11 is 0. The standard InChI is InChI=1S/C16H25FN6O3/c1-2-3-4-6-12(10-23(26)11-24)15(25)20-21-16-18-9-13(17)14(19-16)22-7-5-8-22/h9,11-12,26H,2-8,10H2,1H3,(H,20,25)(H,18,19,21)/t12-/m1/s1. The highest BCUT2D eigenvalue weighted by Gasteiger charge is 2.22. The molecule has 2 rings (SSSR count). The molecule has 0 unspecified atom stereocenters. The van der Waals surface area contributed by atoms with Crippen LogP contribution in [0.4, 0.5) is 16.2 Å². The van der Waals surface area contributed by atoms with Crippen molar-refractivity contribution in [3.05, 3.63) is 12.0 Å². The molecular weight excluding hydrogens is 343 g/mol. The number of rotatable bonds is 11. The molecule has 26 heavy (non-hydrogen) atoms. The fourth-order valence-electron chi connectivity index (χ4n) is 2.60. The van der Waals surface area contributed by atoms with Gasteiger partial charge in [0.2, 0.25) is 18.3 Å². The molecule has 0 radical (unpaired) electrons. The van der Waals surface area contributed by atoms with E-state index in [0.29, 0.717) is 11.5 Å². The molecule has 1 aliphatic heterocycles. The number of nitrogens with zero attached hydrogens (tertiary/aromatic N) is 4. The van der Waals surface area contributed by atoms with Gasteiger partial charge in [-0.05, 0) is 12.8 Å². The van der Waals surface area contributed by atoms with Gasteiger partial charge in [0.25, 0.3) is 0 Å². The molecule has 1 aromatic heterocycles. The molecule has 0 aliphatic carbocycles. The molecule has 144 valence electrons. The van der Waals surface area contributed by atoms with Crippen LogP contribution in [0.5, 0.6) is 0 Å². The average molecular weight is 368 g/mol. The zero-order valence-electron chi connectivity index (χ0n) is 14.8. The molecule has 0 aromatic carbocycles. The lowest BCUT2D eigenvalue weighted by molar-refractivity contribution is -0.154. The molecule has 2 amide bonds. The number of hydrazine groups is 1. The first-order valence-electron chi connectivity index (χ1n) is 8.79. The van der Waals surface area contributed by atoms with Gasteiger partial charge in [0, 0.05) is 13.1 Å². The van der Waals surface area contributed by atoms with Gasteiger partial charge in [-0.2, -0.15) is 4.98 Å². The first-order valence-corrected chi connectivity index (χ1v) is 8.79. The van der Waals surface area contributed by atoms with E-state index in [0.717, 1.165) is 45.0 Å². The molecule has 10 heteroatoms. The molecule has 0 spiro atoms. The Morgan fingerprint density at radius 3 is 2.88 bits per heavy atom. The Morgan fingerprint density at radius 1 is 1.50 bits per heavy atom. The number of nitrogens with one attached hydrogen (secondary N) is 2. The van der Waals surface area contributed by atoms with Gasteiger partial charge < -0.3 is 4.90 Å². The predicted octanol–water partition coefficient (Wildman–Crippen LogP) is 1.31. The maximum Gasteiger partial charge on any atom is 0.243 e. The summed E-state index contributed by atoms with van der Waals surface area (Å²) in [6.45, 7) is 3.40. The van der Waals surface area contributed by atoms with Gasteiger partial charge in [0.15, 0.2) is 11.6 Å². The van der Waals surface area contributed by atoms with Crippen LogP contribution in [0.3, 0.4) is 0 Å². The Bertz CT molecular complexity index is 614. The molecular formula is C16H25FN6O3. The third-order valence-corrected chi connectivity index (χ3v) is 4.23. The predicted molar refractivity (Wildman–Crippen MR) is 92.8 cm³/mol. The van der Waals surface area contributed by atoms with Crippen LogP contribution in [-0.4, -0.2) is 52.2 Å². The summed E-state index contributed by atoms with van der Waals surface area (Å²) in [5, 5.41) is 9.82. The van der Waals surface area contributed by atoms with Gasteiger partial charge in [-0.1, -0.05) is 26.2 Å². The monoisotopic (exact) mass is 368 g/mol. The molecule has 1 saturated heterocycles. The van der Waals surface area contributed by atoms with Crippen LogP contribution in [0.2, 0.25) is 0 Å². The number of halogens is 1. The van der Waals surface area contributed by atoms with E-state index in [2.05, 4.69) is 20.8 Å². The van der Waals surface area contributed by atoms with Crippen LogP contribution in [0, 0.1) is 11.7 Å². The van der Waals surface area contributed by atoms with Crippen molar-refractivity contribution in [2.45, 2.75) is 39.0 Å². The van der Waals surface area contributed by atoms with Crippen molar-refractivity contribution < 1.29 is 19.2 Å². The fraction of sp³-hybridized carbons (Fsp3) is 0.625. The minimum absolute atomic E-state index is 0.0743. The molecule has 0 bridgehead atoms. The highest BCUT2D eigenvalue weighted by molar-refractivity contribution is 5.80. The zero-order chi connectivity index (χ0) is 18.9. The second-order valence-electron chi connectivity index (χ2n) is 6.24. The first kappa shape index (κ1) is 19.8. The van der Waals surface area contributed by atoms with Crippen molar-refractivity contribution in [3.63, 3.8) is 0 Å². The summed E-state index contributed by atoms with van der Waals surface area (Å²) < 4.78 is 13.8. The van der Waals surface area contributed by atoms with Crippen LogP contribution >= 0.6 is 0 Å². The smallest absolute Gasteiger partial charge is 0.243 e. The van der Waals surface area contributed by atoms with Crippen LogP contribution in [0.15, 0.2) is 6.20 Å². The highest BCUT2D eigenvalue weighted by Crippen LogP contribution is 2.22. The summed E-state index contributed by atoms with van der Waals surface area (Å²) in [5.41, 5.74) is 5.04. The maximum atomic E-state index is 13.8. The molecule has 1 atom stereocenters. The largest absolute Gasteiger partial charge is 0.354 e. The highest BCUT2D eigenvalue weighted by atomic mass is 19.1. The van der Waals surface area contributed by atoms with E-state index >= 15 is 0 Å². The van der Waals surface area contributed by atoms with Gasteiger partial charge in [-0.15, -0.1) is 0 Å². The quantitative estimate of drug-likeness (QED) is 0.234. The van der Waals surface area contributed by atoms with Crippen molar-refractivity contribution in [1.82, 2.24) is 20.5 Å². The lowest BCUT2D eigenvalue weighted by Crippen LogP contribution is -2.41. The van der Waals surface area contributed by atoms with E-state index in [9.17, 15) is 19.2 Å². The number of hydrogen-bond acceptors (Lipinski definition) is 7. The number of anilines is 2. The maximum absolute atomic E-state index is 13.8. The van der Waals surface area contributed by atoms with Crippen molar-refractivity contribution >= 4 is 24.1 Å². The molecule has 9 nitrogen and oxygen atoms in total. The van der Waals surface area contributed by atoms with E-state index in [1.54, 1.807) is 4.90 Å². The normalized spacial score (nSPS) is 14.3. The van der Waals surface area contributed by atoms with Gasteiger partial charge in [-0.25, -0.2) is 14.4 Å². The topological polar surface area (TPSA) is 111 Å². The van der Waals surface area contributed by atoms with Gasteiger partial charge in [-0.3, -0.25) is 25.6 Å². The number of hydrogen-bond donors (Lipinski definition) is 3. The number of aromatic nitrogens is 2. The lowest BCUT2D eigenvalue weighted by Gasteiger charge is -2.32. The van der Waals surface area contributed by atoms with Crippen molar-refractivity contribution in [1.29, 1.82) is 0 Å². The van der Waals surface area contributed by atoms with Crippen molar-refractivity contribution in [2.24, 2.45) is 5.92 Å². The number of unbranched alkanes of at least 4 members (excludes halogenated alkanes) is 2. The van der Waals surface area contributed by atoms with E-state index < -0.39 is 17.6 Å². The third kappa shape index (κ3) is 5.51. The van der Waals surface area contributed by atoms with Gasteiger partial charge in [0.1, 0.15) is 0 Å². The Kier molecular flexibility index (Phi) is 7.52. The average Bonchev–Trinajstić information content (AvgIpc) is 2.59. The summed E-state index contributed by atoms with van der Waals surface area (Å²) in [6, 6.07) is 0. The minimum Gasteiger partial charge on any atom is -0.354 e.